The van der Waals surface area contributed by atoms with E-state index in [1.165, 1.54) is 228 Å². The fourth-order valence-corrected chi connectivity index (χ4v) is 14.0. The molecule has 70 heavy (non-hydrogen) atoms. The number of hydrogen-bond donors (Lipinski definition) is 0. The van der Waals surface area contributed by atoms with Gasteiger partial charge < -0.3 is 9.80 Å². The van der Waals surface area contributed by atoms with Crippen molar-refractivity contribution in [3.63, 3.8) is 0 Å². The van der Waals surface area contributed by atoms with Crippen LogP contribution < -0.4 is 20.2 Å². The maximum Gasteiger partial charge on any atom is 0.0546 e. The van der Waals surface area contributed by atoms with Crippen LogP contribution in [-0.2, 0) is 0 Å². The molecule has 0 amide bonds. The van der Waals surface area contributed by atoms with Crippen LogP contribution in [-0.4, -0.2) is 0 Å². The quantitative estimate of drug-likeness (QED) is 0.126. The van der Waals surface area contributed by atoms with E-state index >= 15 is 0 Å². The van der Waals surface area contributed by atoms with Crippen molar-refractivity contribution < 1.29 is 0 Å². The van der Waals surface area contributed by atoms with Gasteiger partial charge in [0.05, 0.1) is 11.4 Å². The lowest BCUT2D eigenvalue weighted by molar-refractivity contribution is 0.443. The van der Waals surface area contributed by atoms with Gasteiger partial charge in [0.2, 0.25) is 0 Å². The van der Waals surface area contributed by atoms with Crippen LogP contribution in [0.2, 0.25) is 0 Å². The van der Waals surface area contributed by atoms with Crippen molar-refractivity contribution in [1.29, 1.82) is 0 Å². The summed E-state index contributed by atoms with van der Waals surface area (Å²) in [6.45, 7) is 4.62. The van der Waals surface area contributed by atoms with Crippen molar-refractivity contribution in [2.45, 2.75) is 179 Å². The third-order valence-electron chi connectivity index (χ3n) is 18.2. The Balaban J connectivity index is 1.05. The second-order valence-electron chi connectivity index (χ2n) is 22.6. The molecule has 0 bridgehead atoms. The van der Waals surface area contributed by atoms with Gasteiger partial charge in [-0.3, -0.25) is 0 Å². The molecule has 7 aromatic rings. The predicted octanol–water partition coefficient (Wildman–Crippen LogP) is 19.1. The highest BCUT2D eigenvalue weighted by molar-refractivity contribution is 6.16. The minimum atomic E-state index is 0.676. The van der Waals surface area contributed by atoms with E-state index in [0.717, 1.165) is 12.8 Å². The highest BCUT2D eigenvalue weighted by Crippen LogP contribution is 2.46. The molecule has 0 atom stereocenters. The molecule has 0 N–H and O–H groups in total. The first kappa shape index (κ1) is 45.5. The molecule has 7 aromatic carbocycles. The summed E-state index contributed by atoms with van der Waals surface area (Å²) in [5.74, 6) is 2.71. The highest BCUT2D eigenvalue weighted by atomic mass is 15.2. The van der Waals surface area contributed by atoms with E-state index in [2.05, 4.69) is 157 Å². The normalized spacial score (nSPS) is 18.6. The van der Waals surface area contributed by atoms with Crippen molar-refractivity contribution >= 4 is 67.8 Å². The monoisotopic (exact) mass is 921 g/mol. The second kappa shape index (κ2) is 20.3. The lowest BCUT2D eigenvalue weighted by atomic mass is 9.84. The maximum atomic E-state index is 2.61. The Hall–Kier alpha value is -5.60. The molecule has 4 fully saturated rings. The molecule has 358 valence electrons. The lowest BCUT2D eigenvalue weighted by Gasteiger charge is -2.31. The SMILES string of the molecule is Cc1cc2c(N(c3ccc(C4CCCCC4)cc3)c3ccc(C4CCCCC4)cc3)cc3c4c(c(N(c5ccc(C6CCCCC6)cc5)c5ccc(C6CCCCC6)cc5)cc3c2cc1C)=CCCC=4. The summed E-state index contributed by atoms with van der Waals surface area (Å²) in [5, 5.41) is 8.08. The van der Waals surface area contributed by atoms with Gasteiger partial charge in [0.15, 0.2) is 0 Å². The summed E-state index contributed by atoms with van der Waals surface area (Å²) in [4.78, 5) is 5.21. The summed E-state index contributed by atoms with van der Waals surface area (Å²) < 4.78 is 0. The van der Waals surface area contributed by atoms with Gasteiger partial charge in [-0.25, -0.2) is 0 Å². The molecule has 0 aliphatic heterocycles. The first-order valence-corrected chi connectivity index (χ1v) is 28.3. The zero-order valence-corrected chi connectivity index (χ0v) is 42.5. The fourth-order valence-electron chi connectivity index (χ4n) is 14.0. The third-order valence-corrected chi connectivity index (χ3v) is 18.2. The van der Waals surface area contributed by atoms with Gasteiger partial charge in [0, 0.05) is 33.4 Å². The summed E-state index contributed by atoms with van der Waals surface area (Å²) >= 11 is 0. The molecule has 0 unspecified atom stereocenters. The molecule has 2 heteroatoms. The Morgan fingerprint density at radius 2 is 0.600 bits per heavy atom. The minimum absolute atomic E-state index is 0.676. The average Bonchev–Trinajstić information content (AvgIpc) is 3.43. The fraction of sp³-hybridized carbons (Fsp3) is 0.412. The van der Waals surface area contributed by atoms with E-state index in [0.29, 0.717) is 23.7 Å². The van der Waals surface area contributed by atoms with Crippen LogP contribution in [0.3, 0.4) is 0 Å². The molecule has 2 nitrogen and oxygen atoms in total. The van der Waals surface area contributed by atoms with Crippen molar-refractivity contribution in [2.75, 3.05) is 9.80 Å². The third kappa shape index (κ3) is 9.03. The van der Waals surface area contributed by atoms with Gasteiger partial charge in [-0.05, 0) is 223 Å². The Kier molecular flexibility index (Phi) is 13.2. The van der Waals surface area contributed by atoms with Crippen LogP contribution in [0, 0.1) is 13.8 Å². The lowest BCUT2D eigenvalue weighted by Crippen LogP contribution is -2.33. The van der Waals surface area contributed by atoms with Crippen LogP contribution in [0.25, 0.3) is 33.7 Å². The number of anilines is 6. The topological polar surface area (TPSA) is 6.48 Å². The van der Waals surface area contributed by atoms with Gasteiger partial charge in [-0.1, -0.05) is 144 Å². The second-order valence-corrected chi connectivity index (χ2v) is 22.6. The van der Waals surface area contributed by atoms with Crippen LogP contribution in [0.4, 0.5) is 34.1 Å². The largest absolute Gasteiger partial charge is 0.310 e. The Morgan fingerprint density at radius 1 is 0.300 bits per heavy atom. The molecule has 0 aromatic heterocycles. The smallest absolute Gasteiger partial charge is 0.0546 e. The molecule has 0 spiro atoms. The summed E-state index contributed by atoms with van der Waals surface area (Å²) in [7, 11) is 0. The van der Waals surface area contributed by atoms with Crippen molar-refractivity contribution in [2.24, 2.45) is 0 Å². The summed E-state index contributed by atoms with van der Waals surface area (Å²) in [5.41, 5.74) is 16.3. The zero-order valence-electron chi connectivity index (χ0n) is 42.5. The van der Waals surface area contributed by atoms with Gasteiger partial charge >= 0.3 is 0 Å². The zero-order chi connectivity index (χ0) is 47.0. The van der Waals surface area contributed by atoms with E-state index in [-0.39, 0.29) is 0 Å². The van der Waals surface area contributed by atoms with Gasteiger partial charge in [-0.2, -0.15) is 0 Å². The van der Waals surface area contributed by atoms with E-state index in [1.54, 1.807) is 0 Å². The number of fused-ring (bicyclic) bond motifs is 5. The average molecular weight is 921 g/mol. The minimum Gasteiger partial charge on any atom is -0.310 e. The van der Waals surface area contributed by atoms with E-state index in [1.807, 2.05) is 0 Å². The first-order valence-electron chi connectivity index (χ1n) is 28.3. The Bertz CT molecular complexity index is 2940. The summed E-state index contributed by atoms with van der Waals surface area (Å²) in [6.07, 6.45) is 34.1. The van der Waals surface area contributed by atoms with E-state index in [9.17, 15) is 0 Å². The van der Waals surface area contributed by atoms with E-state index < -0.39 is 0 Å². The van der Waals surface area contributed by atoms with Crippen LogP contribution >= 0.6 is 0 Å². The van der Waals surface area contributed by atoms with Gasteiger partial charge in [0.25, 0.3) is 0 Å². The van der Waals surface area contributed by atoms with Crippen LogP contribution in [0.5, 0.6) is 0 Å². The molecular weight excluding hydrogens is 845 g/mol. The Labute approximate surface area is 419 Å². The summed E-state index contributed by atoms with van der Waals surface area (Å²) in [6, 6.07) is 49.4. The van der Waals surface area contributed by atoms with Gasteiger partial charge in [0.1, 0.15) is 0 Å². The molecular formula is C68H76N2. The molecule has 5 aliphatic carbocycles. The number of rotatable bonds is 10. The maximum absolute atomic E-state index is 2.61. The van der Waals surface area contributed by atoms with Crippen LogP contribution in [0.1, 0.15) is 198 Å². The molecule has 0 radical (unpaired) electrons. The predicted molar refractivity (Wildman–Crippen MR) is 301 cm³/mol. The molecule has 12 rings (SSSR count). The van der Waals surface area contributed by atoms with Crippen molar-refractivity contribution in [3.05, 3.63) is 165 Å². The molecule has 5 aliphatic rings. The van der Waals surface area contributed by atoms with Crippen LogP contribution in [0.15, 0.2) is 121 Å². The van der Waals surface area contributed by atoms with Gasteiger partial charge in [-0.15, -0.1) is 0 Å². The van der Waals surface area contributed by atoms with Crippen molar-refractivity contribution in [3.8, 4) is 0 Å². The number of hydrogen-bond acceptors (Lipinski definition) is 2. The number of nitrogens with zero attached hydrogens (tertiary/aromatic N) is 2. The standard InChI is InChI=1S/C68H76N2/c1-47-43-63-65-46-67(69(57-35-27-53(28-36-57)49-17-7-3-8-18-49)58-37-29-54(30-38-58)50-19-9-4-10-20-50)62-26-16-15-25-61(62)64(65)45-68(66(63)44-48(47)2)70(59-39-31-55(32-40-59)51-21-11-5-12-22-51)60-41-33-56(34-42-60)52-23-13-6-14-24-52/h25-46,49-52H,3-24H2,1-2H3. The highest BCUT2D eigenvalue weighted by Gasteiger charge is 2.26. The van der Waals surface area contributed by atoms with E-state index in [4.69, 9.17) is 0 Å². The molecule has 0 heterocycles. The van der Waals surface area contributed by atoms with Crippen molar-refractivity contribution in [1.82, 2.24) is 0 Å². The Morgan fingerprint density at radius 3 is 0.971 bits per heavy atom. The number of aryl methyl sites for hydroxylation is 2. The first-order chi connectivity index (χ1) is 34.5. The molecule has 4 saturated carbocycles. The molecule has 0 saturated heterocycles. The number of benzene rings is 7.